The Balaban J connectivity index is 2.36. The van der Waals surface area contributed by atoms with Crippen LogP contribution < -0.4 is 10.6 Å². The van der Waals surface area contributed by atoms with Crippen LogP contribution in [0, 0.1) is 0 Å². The number of carbonyl (C=O) groups excluding carboxylic acids is 1. The molecule has 0 aliphatic carbocycles. The first-order valence-electron chi connectivity index (χ1n) is 6.44. The van der Waals surface area contributed by atoms with Crippen molar-refractivity contribution in [1.82, 2.24) is 14.9 Å². The fraction of sp³-hybridized carbons (Fsp3) is 0.750. The first-order valence-corrected chi connectivity index (χ1v) is 8.29. The smallest absolute Gasteiger partial charge is 0.237 e. The minimum absolute atomic E-state index is 0.0644. The molecule has 1 fully saturated rings. The number of hydrogen-bond donors (Lipinski definition) is 2. The third-order valence-electron chi connectivity index (χ3n) is 3.22. The van der Waals surface area contributed by atoms with Crippen molar-refractivity contribution in [2.24, 2.45) is 0 Å². The number of amides is 1. The van der Waals surface area contributed by atoms with E-state index < -0.39 is 10.0 Å². The summed E-state index contributed by atoms with van der Waals surface area (Å²) < 4.78 is 24.2. The number of nitrogens with one attached hydrogen (secondary N) is 2. The van der Waals surface area contributed by atoms with Gasteiger partial charge >= 0.3 is 0 Å². The molecule has 0 aromatic rings. The van der Waals surface area contributed by atoms with Crippen LogP contribution in [-0.2, 0) is 14.8 Å². The van der Waals surface area contributed by atoms with Gasteiger partial charge in [0.1, 0.15) is 0 Å². The first kappa shape index (κ1) is 16.1. The van der Waals surface area contributed by atoms with E-state index in [0.29, 0.717) is 19.6 Å². The van der Waals surface area contributed by atoms with Crippen molar-refractivity contribution in [3.05, 3.63) is 12.7 Å². The summed E-state index contributed by atoms with van der Waals surface area (Å²) in [5.41, 5.74) is 0. The van der Waals surface area contributed by atoms with Crippen LogP contribution >= 0.6 is 0 Å². The standard InChI is InChI=1S/C12H23N3O3S/c1-4-7-13-12(16)10(2)14-11-5-8-15(9-6-11)19(3,17)18/h4,10-11,14H,1,5-9H2,2-3H3,(H,13,16). The van der Waals surface area contributed by atoms with Crippen molar-refractivity contribution in [3.63, 3.8) is 0 Å². The molecular formula is C12H23N3O3S. The Bertz CT molecular complexity index is 414. The minimum atomic E-state index is -3.09. The lowest BCUT2D eigenvalue weighted by atomic mass is 10.1. The van der Waals surface area contributed by atoms with E-state index in [1.54, 1.807) is 13.0 Å². The fourth-order valence-electron chi connectivity index (χ4n) is 2.11. The van der Waals surface area contributed by atoms with Crippen LogP contribution in [0.2, 0.25) is 0 Å². The molecule has 1 amide bonds. The van der Waals surface area contributed by atoms with Gasteiger partial charge in [0.25, 0.3) is 0 Å². The van der Waals surface area contributed by atoms with Crippen molar-refractivity contribution in [3.8, 4) is 0 Å². The van der Waals surface area contributed by atoms with Crippen molar-refractivity contribution < 1.29 is 13.2 Å². The van der Waals surface area contributed by atoms with Crippen molar-refractivity contribution in [1.29, 1.82) is 0 Å². The van der Waals surface area contributed by atoms with Crippen molar-refractivity contribution in [2.45, 2.75) is 31.8 Å². The Hall–Kier alpha value is -0.920. The van der Waals surface area contributed by atoms with Crippen LogP contribution in [0.3, 0.4) is 0 Å². The first-order chi connectivity index (χ1) is 8.84. The van der Waals surface area contributed by atoms with Crippen LogP contribution in [0.25, 0.3) is 0 Å². The average molecular weight is 289 g/mol. The van der Waals surface area contributed by atoms with Gasteiger partial charge in [-0.1, -0.05) is 6.08 Å². The molecule has 1 atom stereocenters. The molecule has 0 saturated carbocycles. The molecule has 1 aliphatic heterocycles. The molecule has 1 unspecified atom stereocenters. The summed E-state index contributed by atoms with van der Waals surface area (Å²) in [6.45, 7) is 6.83. The van der Waals surface area contributed by atoms with Gasteiger partial charge in [-0.2, -0.15) is 0 Å². The number of piperidine rings is 1. The molecular weight excluding hydrogens is 266 g/mol. The van der Waals surface area contributed by atoms with Crippen LogP contribution in [-0.4, -0.2) is 56.6 Å². The van der Waals surface area contributed by atoms with Crippen LogP contribution in [0.4, 0.5) is 0 Å². The molecule has 7 heteroatoms. The molecule has 19 heavy (non-hydrogen) atoms. The van der Waals surface area contributed by atoms with E-state index in [1.165, 1.54) is 10.6 Å². The number of hydrogen-bond acceptors (Lipinski definition) is 4. The van der Waals surface area contributed by atoms with Gasteiger partial charge in [-0.3, -0.25) is 4.79 Å². The minimum Gasteiger partial charge on any atom is -0.351 e. The van der Waals surface area contributed by atoms with Gasteiger partial charge < -0.3 is 10.6 Å². The van der Waals surface area contributed by atoms with E-state index in [2.05, 4.69) is 17.2 Å². The summed E-state index contributed by atoms with van der Waals surface area (Å²) in [5.74, 6) is -0.0644. The number of sulfonamides is 1. The molecule has 2 N–H and O–H groups in total. The third kappa shape index (κ3) is 5.30. The largest absolute Gasteiger partial charge is 0.351 e. The van der Waals surface area contributed by atoms with Crippen LogP contribution in [0.1, 0.15) is 19.8 Å². The predicted molar refractivity (Wildman–Crippen MR) is 75.2 cm³/mol. The number of carbonyl (C=O) groups is 1. The SMILES string of the molecule is C=CCNC(=O)C(C)NC1CCN(S(C)(=O)=O)CC1. The molecule has 6 nitrogen and oxygen atoms in total. The molecule has 0 bridgehead atoms. The Morgan fingerprint density at radius 2 is 2.05 bits per heavy atom. The van der Waals surface area contributed by atoms with Gasteiger partial charge in [0, 0.05) is 25.7 Å². The van der Waals surface area contributed by atoms with Crippen molar-refractivity contribution >= 4 is 15.9 Å². The topological polar surface area (TPSA) is 78.5 Å². The highest BCUT2D eigenvalue weighted by molar-refractivity contribution is 7.88. The lowest BCUT2D eigenvalue weighted by molar-refractivity contribution is -0.122. The monoisotopic (exact) mass is 289 g/mol. The maximum atomic E-state index is 11.7. The zero-order chi connectivity index (χ0) is 14.5. The summed E-state index contributed by atoms with van der Waals surface area (Å²) in [6.07, 6.45) is 4.32. The molecule has 0 aromatic carbocycles. The van der Waals surface area contributed by atoms with E-state index in [0.717, 1.165) is 12.8 Å². The second-order valence-electron chi connectivity index (χ2n) is 4.86. The quantitative estimate of drug-likeness (QED) is 0.658. The highest BCUT2D eigenvalue weighted by Gasteiger charge is 2.26. The summed E-state index contributed by atoms with van der Waals surface area (Å²) in [7, 11) is -3.09. The van der Waals surface area contributed by atoms with Gasteiger partial charge in [-0.05, 0) is 19.8 Å². The summed E-state index contributed by atoms with van der Waals surface area (Å²) in [5, 5.41) is 5.96. The molecule has 0 radical (unpaired) electrons. The Morgan fingerprint density at radius 3 is 2.53 bits per heavy atom. The molecule has 1 saturated heterocycles. The van der Waals surface area contributed by atoms with Gasteiger partial charge in [0.15, 0.2) is 0 Å². The zero-order valence-electron chi connectivity index (χ0n) is 11.6. The number of nitrogens with zero attached hydrogens (tertiary/aromatic N) is 1. The van der Waals surface area contributed by atoms with E-state index >= 15 is 0 Å². The Kier molecular flexibility index (Phi) is 5.96. The predicted octanol–water partition coefficient (Wildman–Crippen LogP) is -0.309. The molecule has 1 rings (SSSR count). The van der Waals surface area contributed by atoms with Gasteiger partial charge in [-0.25, -0.2) is 12.7 Å². The van der Waals surface area contributed by atoms with Crippen molar-refractivity contribution in [2.75, 3.05) is 25.9 Å². The highest BCUT2D eigenvalue weighted by Crippen LogP contribution is 2.13. The van der Waals surface area contributed by atoms with E-state index in [9.17, 15) is 13.2 Å². The maximum Gasteiger partial charge on any atom is 0.237 e. The maximum absolute atomic E-state index is 11.7. The Morgan fingerprint density at radius 1 is 1.47 bits per heavy atom. The lowest BCUT2D eigenvalue weighted by Gasteiger charge is -2.32. The van der Waals surface area contributed by atoms with Crippen LogP contribution in [0.5, 0.6) is 0 Å². The fourth-order valence-corrected chi connectivity index (χ4v) is 2.98. The van der Waals surface area contributed by atoms with E-state index in [4.69, 9.17) is 0 Å². The second-order valence-corrected chi connectivity index (χ2v) is 6.84. The number of rotatable bonds is 6. The average Bonchev–Trinajstić information content (AvgIpc) is 2.35. The summed E-state index contributed by atoms with van der Waals surface area (Å²) >= 11 is 0. The van der Waals surface area contributed by atoms with Gasteiger partial charge in [0.05, 0.1) is 12.3 Å². The third-order valence-corrected chi connectivity index (χ3v) is 4.53. The second kappa shape index (κ2) is 7.02. The molecule has 0 aromatic heterocycles. The van der Waals surface area contributed by atoms with Crippen LogP contribution in [0.15, 0.2) is 12.7 Å². The molecule has 1 heterocycles. The molecule has 110 valence electrons. The Labute approximate surface area is 115 Å². The zero-order valence-corrected chi connectivity index (χ0v) is 12.4. The summed E-state index contributed by atoms with van der Waals surface area (Å²) in [6, 6.07) is -0.0998. The lowest BCUT2D eigenvalue weighted by Crippen LogP contribution is -2.51. The molecule has 0 spiro atoms. The normalized spacial score (nSPS) is 19.9. The highest BCUT2D eigenvalue weighted by atomic mass is 32.2. The molecule has 1 aliphatic rings. The van der Waals surface area contributed by atoms with E-state index in [-0.39, 0.29) is 18.0 Å². The van der Waals surface area contributed by atoms with Gasteiger partial charge in [0.2, 0.25) is 15.9 Å². The van der Waals surface area contributed by atoms with E-state index in [1.807, 2.05) is 0 Å². The van der Waals surface area contributed by atoms with Gasteiger partial charge in [-0.15, -0.1) is 6.58 Å². The summed E-state index contributed by atoms with van der Waals surface area (Å²) in [4.78, 5) is 11.7.